The predicted molar refractivity (Wildman–Crippen MR) is 199 cm³/mol. The van der Waals surface area contributed by atoms with E-state index >= 15 is 4.79 Å². The molecule has 1 unspecified atom stereocenters. The molecule has 0 saturated heterocycles. The van der Waals surface area contributed by atoms with Crippen LogP contribution in [0.25, 0.3) is 11.1 Å². The van der Waals surface area contributed by atoms with Gasteiger partial charge in [-0.2, -0.15) is 0 Å². The summed E-state index contributed by atoms with van der Waals surface area (Å²) in [6, 6.07) is 52.5. The van der Waals surface area contributed by atoms with Gasteiger partial charge in [0.1, 0.15) is 5.41 Å². The van der Waals surface area contributed by atoms with E-state index in [-0.39, 0.29) is 5.78 Å². The molecule has 0 saturated carbocycles. The van der Waals surface area contributed by atoms with Crippen LogP contribution >= 0.6 is 31.9 Å². The molecule has 0 aromatic heterocycles. The molecule has 0 N–H and O–H groups in total. The lowest BCUT2D eigenvalue weighted by atomic mass is 9.66. The van der Waals surface area contributed by atoms with Crippen molar-refractivity contribution in [3.63, 3.8) is 0 Å². The SMILES string of the molecule is O=C1c2ccccc2C(=Nc2ccc(Br)cc2)C1(C1=C(c2ccccc2)C(=Nc2ccc(Br)cc2)c2ccccc21)c1ccccc1. The van der Waals surface area contributed by atoms with E-state index in [1.807, 2.05) is 121 Å². The first-order valence-corrected chi connectivity index (χ1v) is 16.9. The molecule has 6 aromatic carbocycles. The summed E-state index contributed by atoms with van der Waals surface area (Å²) < 4.78 is 1.95. The zero-order chi connectivity index (χ0) is 32.0. The molecule has 0 spiro atoms. The summed E-state index contributed by atoms with van der Waals surface area (Å²) in [6.45, 7) is 0. The highest BCUT2D eigenvalue weighted by Crippen LogP contribution is 2.56. The second-order valence-corrected chi connectivity index (χ2v) is 13.4. The van der Waals surface area contributed by atoms with Crippen molar-refractivity contribution in [2.24, 2.45) is 9.98 Å². The summed E-state index contributed by atoms with van der Waals surface area (Å²) in [4.78, 5) is 26.2. The standard InChI is InChI=1S/C42H26Br2N2O/c43-29-19-23-31(24-20-29)45-39-34-16-8-7-15-33(34)38(37(39)27-11-3-1-4-12-27)42(28-13-5-2-6-14-28)40(46-32-25-21-30(44)22-26-32)35-17-9-10-18-36(35)41(42)47/h1-26H. The molecule has 0 fully saturated rings. The highest BCUT2D eigenvalue weighted by atomic mass is 79.9. The summed E-state index contributed by atoms with van der Waals surface area (Å²) in [7, 11) is 0. The van der Waals surface area contributed by atoms with Crippen LogP contribution in [-0.4, -0.2) is 17.2 Å². The van der Waals surface area contributed by atoms with Gasteiger partial charge in [0, 0.05) is 31.2 Å². The molecule has 0 amide bonds. The fourth-order valence-electron chi connectivity index (χ4n) is 6.85. The molecule has 0 heterocycles. The number of allylic oxidation sites excluding steroid dienone is 2. The Balaban J connectivity index is 1.56. The van der Waals surface area contributed by atoms with Gasteiger partial charge in [0.05, 0.1) is 22.8 Å². The van der Waals surface area contributed by atoms with E-state index in [1.165, 1.54) is 0 Å². The van der Waals surface area contributed by atoms with Crippen LogP contribution in [0.2, 0.25) is 0 Å². The number of hydrogen-bond donors (Lipinski definition) is 0. The van der Waals surface area contributed by atoms with E-state index in [4.69, 9.17) is 9.98 Å². The van der Waals surface area contributed by atoms with Crippen molar-refractivity contribution >= 4 is 71.6 Å². The van der Waals surface area contributed by atoms with Crippen LogP contribution in [0, 0.1) is 0 Å². The van der Waals surface area contributed by atoms with Crippen LogP contribution in [0.5, 0.6) is 0 Å². The smallest absolute Gasteiger partial charge is 0.184 e. The van der Waals surface area contributed by atoms with Crippen molar-refractivity contribution in [1.82, 2.24) is 0 Å². The molecule has 224 valence electrons. The average molecular weight is 734 g/mol. The molecule has 5 heteroatoms. The third-order valence-corrected chi connectivity index (χ3v) is 9.90. The lowest BCUT2D eigenvalue weighted by Crippen LogP contribution is -2.40. The molecule has 0 bridgehead atoms. The number of fused-ring (bicyclic) bond motifs is 2. The van der Waals surface area contributed by atoms with Gasteiger partial charge in [-0.05, 0) is 70.8 Å². The van der Waals surface area contributed by atoms with Crippen molar-refractivity contribution in [2.45, 2.75) is 5.41 Å². The first-order valence-electron chi connectivity index (χ1n) is 15.3. The summed E-state index contributed by atoms with van der Waals surface area (Å²) in [5.74, 6) is -0.00159. The average Bonchev–Trinajstić information content (AvgIpc) is 3.57. The van der Waals surface area contributed by atoms with Gasteiger partial charge >= 0.3 is 0 Å². The van der Waals surface area contributed by atoms with Gasteiger partial charge in [-0.15, -0.1) is 0 Å². The van der Waals surface area contributed by atoms with Crippen molar-refractivity contribution in [3.8, 4) is 0 Å². The first-order chi connectivity index (χ1) is 23.1. The number of aliphatic imine (C=N–C) groups is 2. The Kier molecular flexibility index (Phi) is 7.51. The summed E-state index contributed by atoms with van der Waals surface area (Å²) in [5, 5.41) is 0. The van der Waals surface area contributed by atoms with Gasteiger partial charge in [0.25, 0.3) is 0 Å². The molecule has 2 aliphatic rings. The van der Waals surface area contributed by atoms with E-state index in [1.54, 1.807) is 0 Å². The van der Waals surface area contributed by atoms with Crippen LogP contribution in [0.1, 0.15) is 38.2 Å². The molecule has 2 aliphatic carbocycles. The number of benzene rings is 6. The van der Waals surface area contributed by atoms with Crippen molar-refractivity contribution in [1.29, 1.82) is 0 Å². The number of carbonyl (C=O) groups excluding carboxylic acids is 1. The zero-order valence-electron chi connectivity index (χ0n) is 25.1. The number of Topliss-reactive ketones (excluding diaryl/α,β-unsaturated/α-hetero) is 1. The Morgan fingerprint density at radius 1 is 0.468 bits per heavy atom. The van der Waals surface area contributed by atoms with Crippen molar-refractivity contribution in [3.05, 3.63) is 200 Å². The largest absolute Gasteiger partial charge is 0.292 e. The van der Waals surface area contributed by atoms with E-state index in [0.717, 1.165) is 65.0 Å². The first kappa shape index (κ1) is 29.4. The van der Waals surface area contributed by atoms with Crippen LogP contribution in [0.3, 0.4) is 0 Å². The number of carbonyl (C=O) groups is 1. The van der Waals surface area contributed by atoms with Gasteiger partial charge in [-0.3, -0.25) is 9.79 Å². The summed E-state index contributed by atoms with van der Waals surface area (Å²) in [6.07, 6.45) is 0. The van der Waals surface area contributed by atoms with Crippen LogP contribution in [0.15, 0.2) is 177 Å². The second kappa shape index (κ2) is 12.0. The van der Waals surface area contributed by atoms with E-state index in [9.17, 15) is 0 Å². The van der Waals surface area contributed by atoms with Crippen molar-refractivity contribution in [2.75, 3.05) is 0 Å². The maximum Gasteiger partial charge on any atom is 0.184 e. The third-order valence-electron chi connectivity index (χ3n) is 8.84. The molecule has 1 atom stereocenters. The Labute approximate surface area is 290 Å². The minimum Gasteiger partial charge on any atom is -0.292 e. The topological polar surface area (TPSA) is 41.8 Å². The Morgan fingerprint density at radius 3 is 1.57 bits per heavy atom. The van der Waals surface area contributed by atoms with Gasteiger partial charge in [0.15, 0.2) is 5.78 Å². The Bertz CT molecular complexity index is 2250. The van der Waals surface area contributed by atoms with E-state index in [2.05, 4.69) is 68.3 Å². The van der Waals surface area contributed by atoms with Gasteiger partial charge in [0.2, 0.25) is 0 Å². The normalized spacial score (nSPS) is 18.6. The van der Waals surface area contributed by atoms with Gasteiger partial charge in [-0.25, -0.2) is 4.99 Å². The third kappa shape index (κ3) is 4.89. The lowest BCUT2D eigenvalue weighted by Gasteiger charge is -2.33. The maximum atomic E-state index is 15.5. The Morgan fingerprint density at radius 2 is 0.957 bits per heavy atom. The summed E-state index contributed by atoms with van der Waals surface area (Å²) in [5.41, 5.74) is 8.94. The molecule has 3 nitrogen and oxygen atoms in total. The zero-order valence-corrected chi connectivity index (χ0v) is 28.2. The minimum atomic E-state index is -1.27. The summed E-state index contributed by atoms with van der Waals surface area (Å²) >= 11 is 7.14. The number of ketones is 1. The van der Waals surface area contributed by atoms with Crippen LogP contribution in [0.4, 0.5) is 11.4 Å². The molecule has 6 aromatic rings. The number of hydrogen-bond acceptors (Lipinski definition) is 3. The molecule has 47 heavy (non-hydrogen) atoms. The lowest BCUT2D eigenvalue weighted by molar-refractivity contribution is 0.0964. The number of halogens is 2. The molecular weight excluding hydrogens is 708 g/mol. The second-order valence-electron chi connectivity index (χ2n) is 11.5. The molecule has 0 aliphatic heterocycles. The minimum absolute atomic E-state index is 0.00159. The van der Waals surface area contributed by atoms with Crippen molar-refractivity contribution < 1.29 is 4.79 Å². The Hall–Kier alpha value is -4.97. The highest BCUT2D eigenvalue weighted by Gasteiger charge is 2.57. The van der Waals surface area contributed by atoms with E-state index in [0.29, 0.717) is 11.3 Å². The quantitative estimate of drug-likeness (QED) is 0.174. The highest BCUT2D eigenvalue weighted by molar-refractivity contribution is 9.10. The number of rotatable bonds is 5. The van der Waals surface area contributed by atoms with E-state index < -0.39 is 5.41 Å². The molecular formula is C42H26Br2N2O. The van der Waals surface area contributed by atoms with Crippen LogP contribution in [-0.2, 0) is 5.41 Å². The predicted octanol–water partition coefficient (Wildman–Crippen LogP) is 11.2. The van der Waals surface area contributed by atoms with Crippen LogP contribution < -0.4 is 0 Å². The fourth-order valence-corrected chi connectivity index (χ4v) is 7.38. The van der Waals surface area contributed by atoms with Gasteiger partial charge < -0.3 is 0 Å². The monoisotopic (exact) mass is 732 g/mol. The number of nitrogens with zero attached hydrogens (tertiary/aromatic N) is 2. The molecule has 0 radical (unpaired) electrons. The fraction of sp³-hybridized carbons (Fsp3) is 0.0238. The maximum absolute atomic E-state index is 15.5. The molecule has 8 rings (SSSR count). The van der Waals surface area contributed by atoms with Gasteiger partial charge in [-0.1, -0.05) is 141 Å².